The van der Waals surface area contributed by atoms with Crippen molar-refractivity contribution < 1.29 is 9.47 Å². The fourth-order valence-corrected chi connectivity index (χ4v) is 0.792. The van der Waals surface area contributed by atoms with Crippen LogP contribution in [-0.4, -0.2) is 19.3 Å². The normalized spacial score (nSPS) is 24.1. The molecule has 0 aromatic rings. The Labute approximate surface area is 68.2 Å². The Hall–Kier alpha value is -0.500. The number of hydrogen-bond acceptors (Lipinski definition) is 2. The Morgan fingerprint density at radius 1 is 1.64 bits per heavy atom. The SMILES string of the molecule is CC(C)C=COCC1CCO1. The van der Waals surface area contributed by atoms with Crippen molar-refractivity contribution in [3.05, 3.63) is 12.3 Å². The van der Waals surface area contributed by atoms with Crippen molar-refractivity contribution in [2.75, 3.05) is 13.2 Å². The Kier molecular flexibility index (Phi) is 3.43. The zero-order chi connectivity index (χ0) is 8.10. The lowest BCUT2D eigenvalue weighted by Crippen LogP contribution is -2.30. The summed E-state index contributed by atoms with van der Waals surface area (Å²) in [6.07, 6.45) is 5.31. The highest BCUT2D eigenvalue weighted by Crippen LogP contribution is 2.10. The summed E-state index contributed by atoms with van der Waals surface area (Å²) in [4.78, 5) is 0. The first-order chi connectivity index (χ1) is 5.29. The molecule has 1 rings (SSSR count). The maximum Gasteiger partial charge on any atom is 0.114 e. The zero-order valence-corrected chi connectivity index (χ0v) is 7.25. The van der Waals surface area contributed by atoms with Gasteiger partial charge in [0, 0.05) is 13.0 Å². The molecule has 0 aromatic carbocycles. The largest absolute Gasteiger partial charge is 0.499 e. The van der Waals surface area contributed by atoms with Gasteiger partial charge in [-0.15, -0.1) is 0 Å². The van der Waals surface area contributed by atoms with E-state index in [1.165, 1.54) is 0 Å². The predicted molar refractivity (Wildman–Crippen MR) is 44.3 cm³/mol. The average molecular weight is 156 g/mol. The fourth-order valence-electron chi connectivity index (χ4n) is 0.792. The van der Waals surface area contributed by atoms with E-state index in [9.17, 15) is 0 Å². The monoisotopic (exact) mass is 156 g/mol. The minimum Gasteiger partial charge on any atom is -0.499 e. The van der Waals surface area contributed by atoms with Crippen LogP contribution in [0.15, 0.2) is 12.3 Å². The number of allylic oxidation sites excluding steroid dienone is 1. The van der Waals surface area contributed by atoms with Crippen LogP contribution in [0, 0.1) is 5.92 Å². The summed E-state index contributed by atoms with van der Waals surface area (Å²) < 4.78 is 10.4. The molecular formula is C9H16O2. The van der Waals surface area contributed by atoms with Crippen molar-refractivity contribution in [1.82, 2.24) is 0 Å². The van der Waals surface area contributed by atoms with Crippen LogP contribution in [0.1, 0.15) is 20.3 Å². The van der Waals surface area contributed by atoms with Crippen LogP contribution in [-0.2, 0) is 9.47 Å². The van der Waals surface area contributed by atoms with Gasteiger partial charge in [-0.05, 0) is 12.0 Å². The first-order valence-electron chi connectivity index (χ1n) is 4.19. The second-order valence-corrected chi connectivity index (χ2v) is 3.19. The molecule has 0 spiro atoms. The van der Waals surface area contributed by atoms with Gasteiger partial charge in [0.25, 0.3) is 0 Å². The van der Waals surface area contributed by atoms with Gasteiger partial charge in [-0.25, -0.2) is 0 Å². The van der Waals surface area contributed by atoms with Crippen LogP contribution < -0.4 is 0 Å². The Morgan fingerprint density at radius 2 is 2.36 bits per heavy atom. The topological polar surface area (TPSA) is 18.5 Å². The maximum absolute atomic E-state index is 5.24. The van der Waals surface area contributed by atoms with Gasteiger partial charge >= 0.3 is 0 Å². The first kappa shape index (κ1) is 8.60. The predicted octanol–water partition coefficient (Wildman–Crippen LogP) is 1.96. The molecule has 0 amide bonds. The molecule has 0 bridgehead atoms. The van der Waals surface area contributed by atoms with E-state index >= 15 is 0 Å². The average Bonchev–Trinajstić information content (AvgIpc) is 1.82. The van der Waals surface area contributed by atoms with E-state index in [4.69, 9.17) is 9.47 Å². The molecule has 2 nitrogen and oxygen atoms in total. The summed E-state index contributed by atoms with van der Waals surface area (Å²) in [5, 5.41) is 0. The molecule has 64 valence electrons. The highest BCUT2D eigenvalue weighted by atomic mass is 16.5. The smallest absolute Gasteiger partial charge is 0.114 e. The van der Waals surface area contributed by atoms with Gasteiger partial charge in [0.1, 0.15) is 6.61 Å². The van der Waals surface area contributed by atoms with E-state index in [2.05, 4.69) is 13.8 Å². The lowest BCUT2D eigenvalue weighted by molar-refractivity contribution is -0.0798. The molecule has 1 aliphatic rings. The molecule has 0 radical (unpaired) electrons. The maximum atomic E-state index is 5.24. The van der Waals surface area contributed by atoms with E-state index in [0.29, 0.717) is 18.6 Å². The first-order valence-corrected chi connectivity index (χ1v) is 4.19. The standard InChI is InChI=1S/C9H16O2/c1-8(2)3-5-10-7-9-4-6-11-9/h3,5,8-9H,4,6-7H2,1-2H3. The van der Waals surface area contributed by atoms with Crippen molar-refractivity contribution in [2.24, 2.45) is 5.92 Å². The molecule has 1 saturated heterocycles. The van der Waals surface area contributed by atoms with Crippen molar-refractivity contribution in [2.45, 2.75) is 26.4 Å². The summed E-state index contributed by atoms with van der Waals surface area (Å²) in [7, 11) is 0. The van der Waals surface area contributed by atoms with Gasteiger partial charge in [-0.2, -0.15) is 0 Å². The Bertz CT molecular complexity index is 126. The lowest BCUT2D eigenvalue weighted by Gasteiger charge is -2.25. The van der Waals surface area contributed by atoms with Crippen molar-refractivity contribution in [3.63, 3.8) is 0 Å². The summed E-state index contributed by atoms with van der Waals surface area (Å²) >= 11 is 0. The molecule has 0 N–H and O–H groups in total. The van der Waals surface area contributed by atoms with Gasteiger partial charge in [0.15, 0.2) is 0 Å². The second-order valence-electron chi connectivity index (χ2n) is 3.19. The highest BCUT2D eigenvalue weighted by Gasteiger charge is 2.17. The molecule has 2 heteroatoms. The third-order valence-electron chi connectivity index (χ3n) is 1.64. The van der Waals surface area contributed by atoms with Crippen LogP contribution in [0.25, 0.3) is 0 Å². The van der Waals surface area contributed by atoms with E-state index in [1.807, 2.05) is 6.08 Å². The minimum atomic E-state index is 0.354. The summed E-state index contributed by atoms with van der Waals surface area (Å²) in [5.41, 5.74) is 0. The minimum absolute atomic E-state index is 0.354. The molecular weight excluding hydrogens is 140 g/mol. The molecule has 1 unspecified atom stereocenters. The summed E-state index contributed by atoms with van der Waals surface area (Å²) in [6, 6.07) is 0. The molecule has 1 heterocycles. The van der Waals surface area contributed by atoms with Gasteiger partial charge < -0.3 is 9.47 Å². The number of ether oxygens (including phenoxy) is 2. The van der Waals surface area contributed by atoms with Crippen molar-refractivity contribution >= 4 is 0 Å². The lowest BCUT2D eigenvalue weighted by atomic mass is 10.2. The molecule has 0 aliphatic carbocycles. The Morgan fingerprint density at radius 3 is 2.82 bits per heavy atom. The zero-order valence-electron chi connectivity index (χ0n) is 7.25. The van der Waals surface area contributed by atoms with Gasteiger partial charge in [-0.1, -0.05) is 13.8 Å². The van der Waals surface area contributed by atoms with Crippen LogP contribution in [0.3, 0.4) is 0 Å². The number of hydrogen-bond donors (Lipinski definition) is 0. The van der Waals surface area contributed by atoms with Gasteiger partial charge in [0.2, 0.25) is 0 Å². The third-order valence-corrected chi connectivity index (χ3v) is 1.64. The quantitative estimate of drug-likeness (QED) is 0.579. The van der Waals surface area contributed by atoms with E-state index < -0.39 is 0 Å². The van der Waals surface area contributed by atoms with Crippen LogP contribution in [0.5, 0.6) is 0 Å². The van der Waals surface area contributed by atoms with Gasteiger partial charge in [0.05, 0.1) is 12.4 Å². The van der Waals surface area contributed by atoms with Crippen molar-refractivity contribution in [1.29, 1.82) is 0 Å². The summed E-state index contributed by atoms with van der Waals surface area (Å²) in [5.74, 6) is 0.567. The highest BCUT2D eigenvalue weighted by molar-refractivity contribution is 4.78. The molecule has 1 fully saturated rings. The summed E-state index contributed by atoms with van der Waals surface area (Å²) in [6.45, 7) is 5.87. The third kappa shape index (κ3) is 3.42. The molecule has 11 heavy (non-hydrogen) atoms. The molecule has 1 atom stereocenters. The van der Waals surface area contributed by atoms with E-state index in [-0.39, 0.29) is 0 Å². The van der Waals surface area contributed by atoms with Crippen LogP contribution in [0.2, 0.25) is 0 Å². The fraction of sp³-hybridized carbons (Fsp3) is 0.778. The van der Waals surface area contributed by atoms with Crippen LogP contribution >= 0.6 is 0 Å². The van der Waals surface area contributed by atoms with Crippen molar-refractivity contribution in [3.8, 4) is 0 Å². The van der Waals surface area contributed by atoms with Crippen LogP contribution in [0.4, 0.5) is 0 Å². The van der Waals surface area contributed by atoms with Gasteiger partial charge in [-0.3, -0.25) is 0 Å². The molecule has 1 aliphatic heterocycles. The Balaban J connectivity index is 1.94. The molecule has 0 saturated carbocycles. The van der Waals surface area contributed by atoms with E-state index in [0.717, 1.165) is 13.0 Å². The van der Waals surface area contributed by atoms with E-state index in [1.54, 1.807) is 6.26 Å². The number of rotatable bonds is 4. The second kappa shape index (κ2) is 4.39. The molecule has 0 aromatic heterocycles.